The maximum atomic E-state index is 10.2. The number of carbonyl (C=O) groups excluding carboxylic acids is 1. The zero-order valence-corrected chi connectivity index (χ0v) is 15.2. The summed E-state index contributed by atoms with van der Waals surface area (Å²) in [5, 5.41) is 10.2. The molecule has 0 heterocycles. The second-order valence-electron chi connectivity index (χ2n) is 5.68. The van der Waals surface area contributed by atoms with Gasteiger partial charge < -0.3 is 9.90 Å². The van der Waals surface area contributed by atoms with Gasteiger partial charge in [-0.1, -0.05) is 74.1 Å². The van der Waals surface area contributed by atoms with Gasteiger partial charge in [-0.2, -0.15) is 0 Å². The highest BCUT2D eigenvalue weighted by Crippen LogP contribution is 2.03. The highest BCUT2D eigenvalue weighted by atomic mass is 16.4. The van der Waals surface area contributed by atoms with Gasteiger partial charge in [0, 0.05) is 5.97 Å². The average Bonchev–Trinajstić information content (AvgIpc) is 2.56. The van der Waals surface area contributed by atoms with E-state index in [0.717, 1.165) is 57.8 Å². The number of unbranched alkanes of at least 4 members (excludes halogenated alkanes) is 3. The van der Waals surface area contributed by atoms with Gasteiger partial charge >= 0.3 is 0 Å². The molecule has 0 amide bonds. The first-order valence-electron chi connectivity index (χ1n) is 9.22. The summed E-state index contributed by atoms with van der Waals surface area (Å²) in [5.74, 6) is -0.940. The number of hydrogen-bond acceptors (Lipinski definition) is 2. The van der Waals surface area contributed by atoms with E-state index in [-0.39, 0.29) is 6.42 Å². The fourth-order valence-corrected chi connectivity index (χ4v) is 2.08. The molecule has 0 unspecified atom stereocenters. The molecule has 0 N–H and O–H groups in total. The van der Waals surface area contributed by atoms with Crippen molar-refractivity contribution in [3.8, 4) is 0 Å². The van der Waals surface area contributed by atoms with Crippen molar-refractivity contribution < 1.29 is 9.90 Å². The van der Waals surface area contributed by atoms with Gasteiger partial charge in [0.05, 0.1) is 0 Å². The van der Waals surface area contributed by atoms with Crippen LogP contribution in [0.1, 0.15) is 71.1 Å². The Bertz CT molecular complexity index is 425. The molecule has 24 heavy (non-hydrogen) atoms. The monoisotopic (exact) mass is 329 g/mol. The number of aliphatic carboxylic acids is 1. The summed E-state index contributed by atoms with van der Waals surface area (Å²) in [5.41, 5.74) is 0. The number of carboxylic acids is 1. The molecule has 0 saturated heterocycles. The molecule has 2 nitrogen and oxygen atoms in total. The van der Waals surface area contributed by atoms with Gasteiger partial charge in [0.1, 0.15) is 0 Å². The third-order valence-corrected chi connectivity index (χ3v) is 3.41. The van der Waals surface area contributed by atoms with Crippen LogP contribution in [0.4, 0.5) is 0 Å². The van der Waals surface area contributed by atoms with Crippen molar-refractivity contribution in [2.24, 2.45) is 0 Å². The van der Waals surface area contributed by atoms with E-state index < -0.39 is 5.97 Å². The molecule has 0 aromatic heterocycles. The number of carboxylic acid groups (broad SMARTS) is 1. The van der Waals surface area contributed by atoms with Crippen LogP contribution >= 0.6 is 0 Å². The molecule has 0 bridgehead atoms. The van der Waals surface area contributed by atoms with Crippen molar-refractivity contribution in [3.05, 3.63) is 60.8 Å². The fourth-order valence-electron chi connectivity index (χ4n) is 2.08. The Labute approximate surface area is 148 Å². The summed E-state index contributed by atoms with van der Waals surface area (Å²) in [6.45, 7) is 2.15. The second-order valence-corrected chi connectivity index (χ2v) is 5.68. The van der Waals surface area contributed by atoms with Crippen molar-refractivity contribution >= 4 is 5.97 Å². The first-order chi connectivity index (χ1) is 11.8. The zero-order chi connectivity index (χ0) is 17.7. The second kappa shape index (κ2) is 19.2. The predicted molar refractivity (Wildman–Crippen MR) is 103 cm³/mol. The topological polar surface area (TPSA) is 40.1 Å². The molecule has 0 aliphatic rings. The lowest BCUT2D eigenvalue weighted by Gasteiger charge is -1.99. The minimum absolute atomic E-state index is 0.186. The lowest BCUT2D eigenvalue weighted by molar-refractivity contribution is -0.305. The van der Waals surface area contributed by atoms with Gasteiger partial charge in [-0.15, -0.1) is 0 Å². The van der Waals surface area contributed by atoms with Crippen LogP contribution in [-0.4, -0.2) is 5.97 Å². The standard InChI is InChI=1S/C22H34O2/c1-2-3-4-5-6-7-8-9-10-11-12-13-14-15-16-17-18-19-20-21-22(23)24/h3-4,6-7,9-10,12-13,15-16H,2,5,8,11,14,17-21H2,1H3,(H,23,24)/p-1/b4-3-,7-6-,10-9-,13-12-,16-15-. The van der Waals surface area contributed by atoms with Crippen molar-refractivity contribution in [1.82, 2.24) is 0 Å². The third kappa shape index (κ3) is 20.2. The minimum Gasteiger partial charge on any atom is -0.550 e. The van der Waals surface area contributed by atoms with Crippen LogP contribution in [0.5, 0.6) is 0 Å². The van der Waals surface area contributed by atoms with E-state index in [9.17, 15) is 9.90 Å². The highest BCUT2D eigenvalue weighted by Gasteiger charge is 1.88. The zero-order valence-electron chi connectivity index (χ0n) is 15.2. The van der Waals surface area contributed by atoms with Crippen LogP contribution in [0.25, 0.3) is 0 Å². The normalized spacial score (nSPS) is 12.7. The van der Waals surface area contributed by atoms with Crippen molar-refractivity contribution in [1.29, 1.82) is 0 Å². The van der Waals surface area contributed by atoms with Crippen molar-refractivity contribution in [2.75, 3.05) is 0 Å². The lowest BCUT2D eigenvalue weighted by Crippen LogP contribution is -2.21. The smallest absolute Gasteiger partial charge is 0.0414 e. The predicted octanol–water partition coefficient (Wildman–Crippen LogP) is 5.44. The van der Waals surface area contributed by atoms with E-state index in [1.807, 2.05) is 0 Å². The van der Waals surface area contributed by atoms with Crippen molar-refractivity contribution in [2.45, 2.75) is 71.1 Å². The van der Waals surface area contributed by atoms with Gasteiger partial charge in [-0.3, -0.25) is 0 Å². The van der Waals surface area contributed by atoms with E-state index in [1.54, 1.807) is 0 Å². The maximum absolute atomic E-state index is 10.2. The molecule has 0 aromatic rings. The maximum Gasteiger partial charge on any atom is 0.0414 e. The fraction of sp³-hybridized carbons (Fsp3) is 0.500. The first-order valence-corrected chi connectivity index (χ1v) is 9.22. The van der Waals surface area contributed by atoms with Crippen LogP contribution in [0.15, 0.2) is 60.8 Å². The van der Waals surface area contributed by atoms with E-state index in [4.69, 9.17) is 0 Å². The van der Waals surface area contributed by atoms with E-state index in [0.29, 0.717) is 0 Å². The quantitative estimate of drug-likeness (QED) is 0.296. The molecule has 2 heteroatoms. The average molecular weight is 330 g/mol. The summed E-state index contributed by atoms with van der Waals surface area (Å²) in [6, 6.07) is 0. The molecule has 0 rings (SSSR count). The molecule has 0 aliphatic heterocycles. The summed E-state index contributed by atoms with van der Waals surface area (Å²) < 4.78 is 0. The minimum atomic E-state index is -0.940. The molecule has 134 valence electrons. The van der Waals surface area contributed by atoms with Gasteiger partial charge in [0.15, 0.2) is 0 Å². The molecular formula is C22H33O2-. The van der Waals surface area contributed by atoms with Crippen LogP contribution < -0.4 is 5.11 Å². The molecule has 0 saturated carbocycles. The molecular weight excluding hydrogens is 296 g/mol. The van der Waals surface area contributed by atoms with Gasteiger partial charge in [0.25, 0.3) is 0 Å². The molecule has 0 aromatic carbocycles. The van der Waals surface area contributed by atoms with Crippen LogP contribution in [0, 0.1) is 0 Å². The van der Waals surface area contributed by atoms with Crippen LogP contribution in [-0.2, 0) is 4.79 Å². The lowest BCUT2D eigenvalue weighted by atomic mass is 10.1. The Morgan fingerprint density at radius 1 is 0.667 bits per heavy atom. The Hall–Kier alpha value is -1.83. The summed E-state index contributed by atoms with van der Waals surface area (Å²) in [7, 11) is 0. The summed E-state index contributed by atoms with van der Waals surface area (Å²) in [4.78, 5) is 10.2. The van der Waals surface area contributed by atoms with Crippen LogP contribution in [0.3, 0.4) is 0 Å². The van der Waals surface area contributed by atoms with Gasteiger partial charge in [-0.25, -0.2) is 0 Å². The number of rotatable bonds is 15. The molecule has 0 fully saturated rings. The van der Waals surface area contributed by atoms with E-state index >= 15 is 0 Å². The summed E-state index contributed by atoms with van der Waals surface area (Å²) in [6.07, 6.45) is 31.0. The SMILES string of the molecule is CC/C=C\C/C=C\C/C=C\C/C=C\C/C=C\CCCCCC(=O)[O-]. The molecule has 0 spiro atoms. The van der Waals surface area contributed by atoms with Crippen LogP contribution in [0.2, 0.25) is 0 Å². The Morgan fingerprint density at radius 2 is 1.12 bits per heavy atom. The Kier molecular flexibility index (Phi) is 17.8. The third-order valence-electron chi connectivity index (χ3n) is 3.41. The first kappa shape index (κ1) is 22.2. The Morgan fingerprint density at radius 3 is 1.58 bits per heavy atom. The van der Waals surface area contributed by atoms with E-state index in [2.05, 4.69) is 67.7 Å². The number of carbonyl (C=O) groups is 1. The van der Waals surface area contributed by atoms with Crippen molar-refractivity contribution in [3.63, 3.8) is 0 Å². The largest absolute Gasteiger partial charge is 0.550 e. The van der Waals surface area contributed by atoms with Gasteiger partial charge in [0.2, 0.25) is 0 Å². The number of hydrogen-bond donors (Lipinski definition) is 0. The molecule has 0 atom stereocenters. The highest BCUT2D eigenvalue weighted by molar-refractivity contribution is 5.64. The summed E-state index contributed by atoms with van der Waals surface area (Å²) >= 11 is 0. The number of allylic oxidation sites excluding steroid dienone is 10. The molecule has 0 aliphatic carbocycles. The Balaban J connectivity index is 3.42. The van der Waals surface area contributed by atoms with E-state index in [1.165, 1.54) is 0 Å². The molecule has 0 radical (unpaired) electrons. The van der Waals surface area contributed by atoms with Gasteiger partial charge in [-0.05, 0) is 57.8 Å².